The van der Waals surface area contributed by atoms with Gasteiger partial charge in [-0.2, -0.15) is 5.26 Å². The zero-order chi connectivity index (χ0) is 23.0. The van der Waals surface area contributed by atoms with Crippen LogP contribution in [0.3, 0.4) is 0 Å². The van der Waals surface area contributed by atoms with Gasteiger partial charge in [0, 0.05) is 11.3 Å². The van der Waals surface area contributed by atoms with Crippen molar-refractivity contribution in [2.45, 2.75) is 13.0 Å². The SMILES string of the molecule is Cc1cc(/C(O)=C2/C(=O)C(=O)N(c3ccc(C#N)cc3)C2c2ccc(O)cc2)ccc1F. The van der Waals surface area contributed by atoms with Gasteiger partial charge in [-0.25, -0.2) is 4.39 Å². The molecule has 1 unspecified atom stereocenters. The predicted octanol–water partition coefficient (Wildman–Crippen LogP) is 4.34. The molecule has 0 aliphatic carbocycles. The number of aliphatic hydroxyl groups excluding tert-OH is 1. The van der Waals surface area contributed by atoms with E-state index < -0.39 is 29.3 Å². The van der Waals surface area contributed by atoms with E-state index in [0.717, 1.165) is 0 Å². The Hall–Kier alpha value is -4.44. The molecular weight excluding hydrogens is 411 g/mol. The molecule has 2 N–H and O–H groups in total. The minimum atomic E-state index is -0.992. The molecule has 0 bridgehead atoms. The molecule has 158 valence electrons. The largest absolute Gasteiger partial charge is 0.508 e. The molecule has 1 aliphatic heterocycles. The van der Waals surface area contributed by atoms with Crippen LogP contribution in [0.15, 0.2) is 72.3 Å². The Bertz CT molecular complexity index is 1310. The first-order valence-electron chi connectivity index (χ1n) is 9.68. The molecule has 6 nitrogen and oxygen atoms in total. The number of phenols is 1. The Labute approximate surface area is 183 Å². The molecule has 4 rings (SSSR count). The van der Waals surface area contributed by atoms with Crippen LogP contribution in [0.4, 0.5) is 10.1 Å². The van der Waals surface area contributed by atoms with Crippen molar-refractivity contribution in [3.63, 3.8) is 0 Å². The summed E-state index contributed by atoms with van der Waals surface area (Å²) < 4.78 is 13.7. The van der Waals surface area contributed by atoms with Crippen molar-refractivity contribution in [3.05, 3.63) is 100 Å². The Morgan fingerprint density at radius 3 is 2.28 bits per heavy atom. The number of carbonyl (C=O) groups is 2. The summed E-state index contributed by atoms with van der Waals surface area (Å²) in [6.45, 7) is 1.53. The summed E-state index contributed by atoms with van der Waals surface area (Å²) in [5.74, 6) is -2.64. The molecule has 1 saturated heterocycles. The molecule has 3 aromatic carbocycles. The van der Waals surface area contributed by atoms with Gasteiger partial charge in [0.25, 0.3) is 11.7 Å². The molecular formula is C25H17FN2O4. The van der Waals surface area contributed by atoms with Gasteiger partial charge in [0.1, 0.15) is 17.3 Å². The lowest BCUT2D eigenvalue weighted by Gasteiger charge is -2.25. The highest BCUT2D eigenvalue weighted by Crippen LogP contribution is 2.42. The highest BCUT2D eigenvalue weighted by Gasteiger charge is 2.47. The number of aryl methyl sites for hydroxylation is 1. The van der Waals surface area contributed by atoms with E-state index in [1.54, 1.807) is 24.3 Å². The second kappa shape index (κ2) is 8.00. The molecule has 1 amide bonds. The van der Waals surface area contributed by atoms with Crippen molar-refractivity contribution in [1.82, 2.24) is 0 Å². The maximum absolute atomic E-state index is 13.7. The van der Waals surface area contributed by atoms with E-state index in [-0.39, 0.29) is 22.4 Å². The highest BCUT2D eigenvalue weighted by molar-refractivity contribution is 6.51. The fraction of sp³-hybridized carbons (Fsp3) is 0.0800. The van der Waals surface area contributed by atoms with E-state index in [1.165, 1.54) is 54.3 Å². The molecule has 1 aliphatic rings. The van der Waals surface area contributed by atoms with Crippen LogP contribution < -0.4 is 4.90 Å². The fourth-order valence-corrected chi connectivity index (χ4v) is 3.71. The maximum atomic E-state index is 13.7. The number of phenolic OH excluding ortho intramolecular Hbond substituents is 1. The van der Waals surface area contributed by atoms with Gasteiger partial charge in [-0.1, -0.05) is 12.1 Å². The average molecular weight is 428 g/mol. The number of hydrogen-bond acceptors (Lipinski definition) is 5. The van der Waals surface area contributed by atoms with Gasteiger partial charge in [-0.05, 0) is 72.6 Å². The Morgan fingerprint density at radius 1 is 1.03 bits per heavy atom. The van der Waals surface area contributed by atoms with Gasteiger partial charge in [-0.3, -0.25) is 14.5 Å². The van der Waals surface area contributed by atoms with Gasteiger partial charge < -0.3 is 10.2 Å². The Balaban J connectivity index is 1.94. The summed E-state index contributed by atoms with van der Waals surface area (Å²) >= 11 is 0. The number of amides is 1. The minimum Gasteiger partial charge on any atom is -0.508 e. The van der Waals surface area contributed by atoms with Crippen LogP contribution >= 0.6 is 0 Å². The maximum Gasteiger partial charge on any atom is 0.300 e. The number of aliphatic hydroxyl groups is 1. The van der Waals surface area contributed by atoms with Crippen LogP contribution in [-0.2, 0) is 9.59 Å². The van der Waals surface area contributed by atoms with E-state index >= 15 is 0 Å². The number of hydrogen-bond donors (Lipinski definition) is 2. The lowest BCUT2D eigenvalue weighted by atomic mass is 9.94. The van der Waals surface area contributed by atoms with Gasteiger partial charge in [-0.15, -0.1) is 0 Å². The van der Waals surface area contributed by atoms with Crippen LogP contribution in [0.25, 0.3) is 5.76 Å². The Kier molecular flexibility index (Phi) is 5.21. The van der Waals surface area contributed by atoms with Gasteiger partial charge in [0.05, 0.1) is 23.2 Å². The van der Waals surface area contributed by atoms with E-state index in [0.29, 0.717) is 16.8 Å². The lowest BCUT2D eigenvalue weighted by Crippen LogP contribution is -2.29. The summed E-state index contributed by atoms with van der Waals surface area (Å²) in [6, 6.07) is 17.0. The van der Waals surface area contributed by atoms with Crippen molar-refractivity contribution in [2.24, 2.45) is 0 Å². The first-order chi connectivity index (χ1) is 15.3. The summed E-state index contributed by atoms with van der Waals surface area (Å²) in [6.07, 6.45) is 0. The van der Waals surface area contributed by atoms with Crippen molar-refractivity contribution in [3.8, 4) is 11.8 Å². The number of carbonyl (C=O) groups excluding carboxylic acids is 2. The van der Waals surface area contributed by atoms with Crippen molar-refractivity contribution in [1.29, 1.82) is 5.26 Å². The second-order valence-electron chi connectivity index (χ2n) is 7.38. The third kappa shape index (κ3) is 3.48. The van der Waals surface area contributed by atoms with E-state index in [2.05, 4.69) is 0 Å². The van der Waals surface area contributed by atoms with Gasteiger partial charge in [0.15, 0.2) is 0 Å². The quantitative estimate of drug-likeness (QED) is 0.367. The van der Waals surface area contributed by atoms with Crippen LogP contribution in [0, 0.1) is 24.1 Å². The van der Waals surface area contributed by atoms with Gasteiger partial charge in [0.2, 0.25) is 0 Å². The summed E-state index contributed by atoms with van der Waals surface area (Å²) in [5.41, 5.74) is 1.54. The normalized spacial score (nSPS) is 17.4. The number of aromatic hydroxyl groups is 1. The molecule has 7 heteroatoms. The second-order valence-corrected chi connectivity index (χ2v) is 7.38. The van der Waals surface area contributed by atoms with Crippen molar-refractivity contribution in [2.75, 3.05) is 4.90 Å². The van der Waals surface area contributed by atoms with E-state index in [1.807, 2.05) is 6.07 Å². The minimum absolute atomic E-state index is 0.00164. The Morgan fingerprint density at radius 2 is 1.69 bits per heavy atom. The summed E-state index contributed by atoms with van der Waals surface area (Å²) in [4.78, 5) is 27.3. The fourth-order valence-electron chi connectivity index (χ4n) is 3.71. The van der Waals surface area contributed by atoms with E-state index in [9.17, 15) is 24.2 Å². The number of nitriles is 1. The van der Waals surface area contributed by atoms with Crippen LogP contribution in [0.2, 0.25) is 0 Å². The van der Waals surface area contributed by atoms with Crippen molar-refractivity contribution >= 4 is 23.1 Å². The molecule has 1 atom stereocenters. The first-order valence-corrected chi connectivity index (χ1v) is 9.68. The zero-order valence-corrected chi connectivity index (χ0v) is 16.9. The number of ketones is 1. The van der Waals surface area contributed by atoms with Crippen molar-refractivity contribution < 1.29 is 24.2 Å². The predicted molar refractivity (Wildman–Crippen MR) is 115 cm³/mol. The third-order valence-corrected chi connectivity index (χ3v) is 5.36. The number of halogens is 1. The standard InChI is InChI=1S/C25H17FN2O4/c1-14-12-17(6-11-20(14)26)23(30)21-22(16-4-9-19(29)10-5-16)28(25(32)24(21)31)18-7-2-15(13-27)3-8-18/h2-12,22,29-30H,1H3/b23-21-. The summed E-state index contributed by atoms with van der Waals surface area (Å²) in [5, 5.41) is 29.8. The number of rotatable bonds is 3. The number of anilines is 1. The molecule has 1 heterocycles. The topological polar surface area (TPSA) is 102 Å². The zero-order valence-electron chi connectivity index (χ0n) is 16.9. The third-order valence-electron chi connectivity index (χ3n) is 5.36. The van der Waals surface area contributed by atoms with Crippen LogP contribution in [0.5, 0.6) is 5.75 Å². The molecule has 32 heavy (non-hydrogen) atoms. The van der Waals surface area contributed by atoms with Crippen LogP contribution in [-0.4, -0.2) is 21.9 Å². The highest BCUT2D eigenvalue weighted by atomic mass is 19.1. The van der Waals surface area contributed by atoms with Crippen LogP contribution in [0.1, 0.15) is 28.3 Å². The summed E-state index contributed by atoms with van der Waals surface area (Å²) in [7, 11) is 0. The molecule has 3 aromatic rings. The molecule has 0 radical (unpaired) electrons. The number of nitrogens with zero attached hydrogens (tertiary/aromatic N) is 2. The number of Topliss-reactive ketones (excluding diaryl/α,β-unsaturated/α-hetero) is 1. The lowest BCUT2D eigenvalue weighted by molar-refractivity contribution is -0.132. The number of benzene rings is 3. The van der Waals surface area contributed by atoms with Gasteiger partial charge >= 0.3 is 0 Å². The van der Waals surface area contributed by atoms with E-state index in [4.69, 9.17) is 5.26 Å². The molecule has 1 fully saturated rings. The molecule has 0 saturated carbocycles. The first kappa shape index (κ1) is 20.8. The molecule has 0 aromatic heterocycles. The smallest absolute Gasteiger partial charge is 0.300 e. The molecule has 0 spiro atoms. The monoisotopic (exact) mass is 428 g/mol. The average Bonchev–Trinajstić information content (AvgIpc) is 3.06.